The van der Waals surface area contributed by atoms with Crippen LogP contribution >= 0.6 is 11.3 Å². The van der Waals surface area contributed by atoms with Crippen LogP contribution < -0.4 is 5.32 Å². The van der Waals surface area contributed by atoms with Crippen LogP contribution in [0.5, 0.6) is 0 Å². The number of nitrogens with one attached hydrogen (secondary N) is 1. The topological polar surface area (TPSA) is 24.9 Å². The average Bonchev–Trinajstić information content (AvgIpc) is 3.04. The second-order valence-corrected chi connectivity index (χ2v) is 7.95. The Balaban J connectivity index is 1.81. The first-order valence-corrected chi connectivity index (χ1v) is 8.62. The van der Waals surface area contributed by atoms with Gasteiger partial charge in [0.1, 0.15) is 0 Å². The molecule has 2 saturated carbocycles. The van der Waals surface area contributed by atoms with E-state index in [4.69, 9.17) is 4.98 Å². The van der Waals surface area contributed by atoms with Crippen molar-refractivity contribution in [3.05, 3.63) is 15.6 Å². The lowest BCUT2D eigenvalue weighted by Crippen LogP contribution is -2.08. The molecule has 0 radical (unpaired) electrons. The number of aromatic nitrogens is 1. The molecule has 3 rings (SSSR count). The Hall–Kier alpha value is -0.410. The fraction of sp³-hybridized carbons (Fsp3) is 0.812. The molecule has 1 heterocycles. The minimum absolute atomic E-state index is 0.700. The second kappa shape index (κ2) is 5.53. The first-order valence-electron chi connectivity index (χ1n) is 7.80. The van der Waals surface area contributed by atoms with E-state index >= 15 is 0 Å². The molecule has 3 heteroatoms. The smallest absolute Gasteiger partial charge is 0.0965 e. The van der Waals surface area contributed by atoms with Gasteiger partial charge in [-0.1, -0.05) is 20.3 Å². The van der Waals surface area contributed by atoms with Crippen molar-refractivity contribution in [1.82, 2.24) is 10.3 Å². The van der Waals surface area contributed by atoms with Gasteiger partial charge in [0.05, 0.1) is 10.7 Å². The van der Waals surface area contributed by atoms with E-state index < -0.39 is 0 Å². The zero-order valence-electron chi connectivity index (χ0n) is 12.4. The molecule has 3 unspecified atom stereocenters. The number of hydrogen-bond acceptors (Lipinski definition) is 3. The van der Waals surface area contributed by atoms with Gasteiger partial charge in [-0.3, -0.25) is 0 Å². The Labute approximate surface area is 121 Å². The highest BCUT2D eigenvalue weighted by atomic mass is 32.1. The highest BCUT2D eigenvalue weighted by Gasteiger charge is 2.41. The van der Waals surface area contributed by atoms with Crippen LogP contribution in [0.4, 0.5) is 0 Å². The molecule has 0 aromatic carbocycles. The van der Waals surface area contributed by atoms with Crippen LogP contribution in [0.2, 0.25) is 0 Å². The summed E-state index contributed by atoms with van der Waals surface area (Å²) in [6.07, 6.45) is 6.96. The first-order chi connectivity index (χ1) is 9.17. The summed E-state index contributed by atoms with van der Waals surface area (Å²) < 4.78 is 0. The highest BCUT2D eigenvalue weighted by molar-refractivity contribution is 7.11. The Morgan fingerprint density at radius 1 is 1.32 bits per heavy atom. The van der Waals surface area contributed by atoms with Gasteiger partial charge in [0.2, 0.25) is 0 Å². The van der Waals surface area contributed by atoms with Gasteiger partial charge in [0.15, 0.2) is 0 Å². The lowest BCUT2D eigenvalue weighted by Gasteiger charge is -2.18. The van der Waals surface area contributed by atoms with Crippen LogP contribution in [0.3, 0.4) is 0 Å². The molecule has 2 aliphatic carbocycles. The standard InChI is InChI=1S/C16H26N2S/c1-10(2)6-14-15(9-17-3)19-16(18-14)13-8-11-4-5-12(13)7-11/h10-13,17H,4-9H2,1-3H3. The molecule has 1 aromatic rings. The lowest BCUT2D eigenvalue weighted by atomic mass is 9.89. The molecule has 106 valence electrons. The maximum Gasteiger partial charge on any atom is 0.0965 e. The van der Waals surface area contributed by atoms with Crippen molar-refractivity contribution >= 4 is 11.3 Å². The number of hydrogen-bond donors (Lipinski definition) is 1. The summed E-state index contributed by atoms with van der Waals surface area (Å²) in [4.78, 5) is 6.53. The third kappa shape index (κ3) is 2.73. The molecule has 2 aliphatic rings. The molecule has 3 atom stereocenters. The molecule has 0 saturated heterocycles. The van der Waals surface area contributed by atoms with E-state index in [0.29, 0.717) is 5.92 Å². The normalized spacial score (nSPS) is 29.6. The molecule has 1 N–H and O–H groups in total. The molecule has 2 fully saturated rings. The largest absolute Gasteiger partial charge is 0.315 e. The number of fused-ring (bicyclic) bond motifs is 2. The van der Waals surface area contributed by atoms with Crippen molar-refractivity contribution in [1.29, 1.82) is 0 Å². The number of rotatable bonds is 5. The zero-order valence-corrected chi connectivity index (χ0v) is 13.2. The predicted molar refractivity (Wildman–Crippen MR) is 81.6 cm³/mol. The van der Waals surface area contributed by atoms with Crippen LogP contribution in [0.1, 0.15) is 61.0 Å². The maximum atomic E-state index is 5.05. The minimum Gasteiger partial charge on any atom is -0.315 e. The first kappa shape index (κ1) is 13.6. The van der Waals surface area contributed by atoms with Crippen LogP contribution in [0.25, 0.3) is 0 Å². The van der Waals surface area contributed by atoms with Gasteiger partial charge in [-0.25, -0.2) is 4.98 Å². The molecular weight excluding hydrogens is 252 g/mol. The van der Waals surface area contributed by atoms with E-state index in [1.807, 2.05) is 18.4 Å². The molecular formula is C16H26N2S. The van der Waals surface area contributed by atoms with Gasteiger partial charge in [0, 0.05) is 17.3 Å². The average molecular weight is 278 g/mol. The monoisotopic (exact) mass is 278 g/mol. The summed E-state index contributed by atoms with van der Waals surface area (Å²) in [6, 6.07) is 0. The van der Waals surface area contributed by atoms with E-state index in [1.54, 1.807) is 0 Å². The predicted octanol–water partition coefficient (Wildman–Crippen LogP) is 3.96. The van der Waals surface area contributed by atoms with Gasteiger partial charge < -0.3 is 5.32 Å². The van der Waals surface area contributed by atoms with E-state index in [-0.39, 0.29) is 0 Å². The van der Waals surface area contributed by atoms with E-state index in [0.717, 1.165) is 30.7 Å². The van der Waals surface area contributed by atoms with Gasteiger partial charge >= 0.3 is 0 Å². The van der Waals surface area contributed by atoms with Crippen LogP contribution in [0, 0.1) is 17.8 Å². The minimum atomic E-state index is 0.700. The van der Waals surface area contributed by atoms with Crippen LogP contribution in [-0.4, -0.2) is 12.0 Å². The SMILES string of the molecule is CNCc1sc(C2CC3CCC2C3)nc1CC(C)C. The van der Waals surface area contributed by atoms with Crippen molar-refractivity contribution in [3.8, 4) is 0 Å². The van der Waals surface area contributed by atoms with Crippen molar-refractivity contribution in [2.75, 3.05) is 7.05 Å². The molecule has 0 amide bonds. The highest BCUT2D eigenvalue weighted by Crippen LogP contribution is 2.53. The molecule has 2 bridgehead atoms. The van der Waals surface area contributed by atoms with Gasteiger partial charge in [-0.15, -0.1) is 11.3 Å². The van der Waals surface area contributed by atoms with Gasteiger partial charge in [-0.05, 0) is 50.5 Å². The number of nitrogens with zero attached hydrogens (tertiary/aromatic N) is 1. The van der Waals surface area contributed by atoms with E-state index in [2.05, 4.69) is 19.2 Å². The van der Waals surface area contributed by atoms with Crippen molar-refractivity contribution in [3.63, 3.8) is 0 Å². The third-order valence-electron chi connectivity index (χ3n) is 4.79. The third-order valence-corrected chi connectivity index (χ3v) is 6.02. The number of thiazole rings is 1. The lowest BCUT2D eigenvalue weighted by molar-refractivity contribution is 0.418. The molecule has 19 heavy (non-hydrogen) atoms. The summed E-state index contributed by atoms with van der Waals surface area (Å²) in [5.74, 6) is 3.46. The van der Waals surface area contributed by atoms with Crippen molar-refractivity contribution < 1.29 is 0 Å². The molecule has 2 nitrogen and oxygen atoms in total. The van der Waals surface area contributed by atoms with E-state index in [9.17, 15) is 0 Å². The summed E-state index contributed by atoms with van der Waals surface area (Å²) in [6.45, 7) is 5.57. The van der Waals surface area contributed by atoms with E-state index in [1.165, 1.54) is 41.3 Å². The fourth-order valence-electron chi connectivity index (χ4n) is 3.95. The fourth-order valence-corrected chi connectivity index (χ4v) is 5.27. The van der Waals surface area contributed by atoms with Gasteiger partial charge in [-0.2, -0.15) is 0 Å². The zero-order chi connectivity index (χ0) is 13.4. The van der Waals surface area contributed by atoms with Crippen molar-refractivity contribution in [2.45, 2.75) is 58.4 Å². The summed E-state index contributed by atoms with van der Waals surface area (Å²) in [5.41, 5.74) is 1.37. The second-order valence-electron chi connectivity index (χ2n) is 6.83. The molecule has 0 aliphatic heterocycles. The molecule has 1 aromatic heterocycles. The summed E-state index contributed by atoms with van der Waals surface area (Å²) in [5, 5.41) is 4.76. The summed E-state index contributed by atoms with van der Waals surface area (Å²) in [7, 11) is 2.04. The van der Waals surface area contributed by atoms with Gasteiger partial charge in [0.25, 0.3) is 0 Å². The quantitative estimate of drug-likeness (QED) is 0.881. The maximum absolute atomic E-state index is 5.05. The Kier molecular flexibility index (Phi) is 3.95. The van der Waals surface area contributed by atoms with Crippen molar-refractivity contribution in [2.24, 2.45) is 17.8 Å². The Morgan fingerprint density at radius 3 is 2.74 bits per heavy atom. The Morgan fingerprint density at radius 2 is 2.16 bits per heavy atom. The van der Waals surface area contributed by atoms with Crippen LogP contribution in [0.15, 0.2) is 0 Å². The molecule has 0 spiro atoms. The Bertz CT molecular complexity index is 438. The summed E-state index contributed by atoms with van der Waals surface area (Å²) >= 11 is 1.99. The van der Waals surface area contributed by atoms with Crippen LogP contribution in [-0.2, 0) is 13.0 Å².